The summed E-state index contributed by atoms with van der Waals surface area (Å²) in [6, 6.07) is 9.53. The maximum absolute atomic E-state index is 10.3. The highest BCUT2D eigenvalue weighted by atomic mass is 16.5. The first-order chi connectivity index (χ1) is 9.25. The average Bonchev–Trinajstić information content (AvgIpc) is 2.88. The molecule has 0 radical (unpaired) electrons. The zero-order valence-electron chi connectivity index (χ0n) is 10.4. The van der Waals surface area contributed by atoms with Crippen LogP contribution in [0.25, 0.3) is 11.5 Å². The highest BCUT2D eigenvalue weighted by molar-refractivity contribution is 5.66. The maximum atomic E-state index is 10.3. The van der Waals surface area contributed by atoms with E-state index in [1.54, 1.807) is 0 Å². The van der Waals surface area contributed by atoms with E-state index in [0.29, 0.717) is 31.2 Å². The topological polar surface area (TPSA) is 88.2 Å². The molecule has 1 aromatic carbocycles. The summed E-state index contributed by atoms with van der Waals surface area (Å²) in [7, 11) is 0. The van der Waals surface area contributed by atoms with Crippen molar-refractivity contribution in [1.82, 2.24) is 15.5 Å². The quantitative estimate of drug-likeness (QED) is 0.737. The van der Waals surface area contributed by atoms with Crippen molar-refractivity contribution in [1.29, 1.82) is 0 Å². The van der Waals surface area contributed by atoms with Gasteiger partial charge in [-0.25, -0.2) is 0 Å². The van der Waals surface area contributed by atoms with Crippen molar-refractivity contribution in [3.63, 3.8) is 0 Å². The maximum Gasteiger partial charge on any atom is 0.303 e. The Labute approximate surface area is 110 Å². The molecule has 1 aromatic heterocycles. The van der Waals surface area contributed by atoms with Crippen molar-refractivity contribution < 1.29 is 14.4 Å². The lowest BCUT2D eigenvalue weighted by Gasteiger charge is -1.98. The van der Waals surface area contributed by atoms with Gasteiger partial charge in [-0.15, -0.1) is 0 Å². The predicted octanol–water partition coefficient (Wildman–Crippen LogP) is 1.69. The summed E-state index contributed by atoms with van der Waals surface area (Å²) in [5.74, 6) is 0.268. The van der Waals surface area contributed by atoms with Crippen molar-refractivity contribution in [2.45, 2.75) is 19.4 Å². The van der Waals surface area contributed by atoms with Gasteiger partial charge in [0.1, 0.15) is 0 Å². The average molecular weight is 261 g/mol. The van der Waals surface area contributed by atoms with Crippen LogP contribution >= 0.6 is 0 Å². The third-order valence-corrected chi connectivity index (χ3v) is 2.52. The van der Waals surface area contributed by atoms with Crippen LogP contribution in [0.1, 0.15) is 18.7 Å². The number of hydrogen-bond acceptors (Lipinski definition) is 5. The van der Waals surface area contributed by atoms with Crippen LogP contribution in [0.4, 0.5) is 0 Å². The Balaban J connectivity index is 1.80. The third-order valence-electron chi connectivity index (χ3n) is 2.52. The van der Waals surface area contributed by atoms with Gasteiger partial charge in [-0.3, -0.25) is 4.79 Å². The lowest BCUT2D eigenvalue weighted by molar-refractivity contribution is -0.137. The first-order valence-electron chi connectivity index (χ1n) is 6.06. The van der Waals surface area contributed by atoms with E-state index in [-0.39, 0.29) is 6.42 Å². The molecule has 2 rings (SSSR count). The molecule has 2 N–H and O–H groups in total. The smallest absolute Gasteiger partial charge is 0.303 e. The standard InChI is InChI=1S/C13H15N3O3/c17-12(18)7-4-8-14-9-11-15-13(19-16-11)10-5-2-1-3-6-10/h1-3,5-6,14H,4,7-9H2,(H,17,18). The molecule has 0 aliphatic heterocycles. The van der Waals surface area contributed by atoms with Gasteiger partial charge in [0, 0.05) is 12.0 Å². The summed E-state index contributed by atoms with van der Waals surface area (Å²) in [4.78, 5) is 14.6. The molecule has 6 nitrogen and oxygen atoms in total. The first kappa shape index (κ1) is 13.2. The fourth-order valence-electron chi connectivity index (χ4n) is 1.59. The Morgan fingerprint density at radius 2 is 2.11 bits per heavy atom. The SMILES string of the molecule is O=C(O)CCCNCc1noc(-c2ccccc2)n1. The minimum atomic E-state index is -0.785. The molecular formula is C13H15N3O3. The van der Waals surface area contributed by atoms with Gasteiger partial charge in [-0.1, -0.05) is 23.4 Å². The fourth-order valence-corrected chi connectivity index (χ4v) is 1.59. The molecule has 0 saturated heterocycles. The van der Waals surface area contributed by atoms with Crippen LogP contribution in [-0.4, -0.2) is 27.8 Å². The van der Waals surface area contributed by atoms with Crippen LogP contribution in [0, 0.1) is 0 Å². The van der Waals surface area contributed by atoms with Gasteiger partial charge >= 0.3 is 5.97 Å². The van der Waals surface area contributed by atoms with Crippen molar-refractivity contribution >= 4 is 5.97 Å². The second kappa shape index (κ2) is 6.65. The molecule has 6 heteroatoms. The Hall–Kier alpha value is -2.21. The molecular weight excluding hydrogens is 246 g/mol. The van der Waals surface area contributed by atoms with Crippen molar-refractivity contribution in [3.05, 3.63) is 36.2 Å². The summed E-state index contributed by atoms with van der Waals surface area (Å²) in [6.45, 7) is 1.08. The molecule has 19 heavy (non-hydrogen) atoms. The normalized spacial score (nSPS) is 10.5. The second-order valence-electron chi connectivity index (χ2n) is 4.06. The van der Waals surface area contributed by atoms with E-state index in [1.165, 1.54) is 0 Å². The number of nitrogens with one attached hydrogen (secondary N) is 1. The Morgan fingerprint density at radius 3 is 2.84 bits per heavy atom. The highest BCUT2D eigenvalue weighted by Crippen LogP contribution is 2.15. The second-order valence-corrected chi connectivity index (χ2v) is 4.06. The van der Waals surface area contributed by atoms with Crippen molar-refractivity contribution in [3.8, 4) is 11.5 Å². The summed E-state index contributed by atoms with van der Waals surface area (Å²) >= 11 is 0. The molecule has 1 heterocycles. The molecule has 0 atom stereocenters. The summed E-state index contributed by atoms with van der Waals surface area (Å²) < 4.78 is 5.15. The van der Waals surface area contributed by atoms with Gasteiger partial charge in [-0.05, 0) is 25.1 Å². The van der Waals surface area contributed by atoms with E-state index in [1.807, 2.05) is 30.3 Å². The molecule has 0 bridgehead atoms. The van der Waals surface area contributed by atoms with E-state index in [4.69, 9.17) is 9.63 Å². The van der Waals surface area contributed by atoms with Crippen molar-refractivity contribution in [2.24, 2.45) is 0 Å². The number of nitrogens with zero attached hydrogens (tertiary/aromatic N) is 2. The molecule has 0 saturated carbocycles. The number of aliphatic carboxylic acids is 1. The van der Waals surface area contributed by atoms with Crippen LogP contribution in [0.3, 0.4) is 0 Å². The zero-order valence-corrected chi connectivity index (χ0v) is 10.4. The molecule has 0 spiro atoms. The monoisotopic (exact) mass is 261 g/mol. The van der Waals surface area contributed by atoms with Gasteiger partial charge in [0.05, 0.1) is 6.54 Å². The van der Waals surface area contributed by atoms with Gasteiger partial charge in [0.2, 0.25) is 0 Å². The summed E-state index contributed by atoms with van der Waals surface area (Å²) in [5.41, 5.74) is 0.882. The number of carbonyl (C=O) groups is 1. The Kier molecular flexibility index (Phi) is 4.63. The van der Waals surface area contributed by atoms with Gasteiger partial charge in [0.25, 0.3) is 5.89 Å². The minimum absolute atomic E-state index is 0.161. The van der Waals surface area contributed by atoms with E-state index in [0.717, 1.165) is 5.56 Å². The molecule has 0 unspecified atom stereocenters. The van der Waals surface area contributed by atoms with Gasteiger partial charge in [0.15, 0.2) is 5.82 Å². The number of benzene rings is 1. The lowest BCUT2D eigenvalue weighted by Crippen LogP contribution is -2.16. The number of carboxylic acid groups (broad SMARTS) is 1. The van der Waals surface area contributed by atoms with E-state index >= 15 is 0 Å². The van der Waals surface area contributed by atoms with E-state index in [2.05, 4.69) is 15.5 Å². The first-order valence-corrected chi connectivity index (χ1v) is 6.06. The summed E-state index contributed by atoms with van der Waals surface area (Å²) in [6.07, 6.45) is 0.743. The molecule has 0 fully saturated rings. The van der Waals surface area contributed by atoms with Crippen LogP contribution in [-0.2, 0) is 11.3 Å². The molecule has 0 aliphatic rings. The molecule has 0 aliphatic carbocycles. The van der Waals surface area contributed by atoms with E-state index < -0.39 is 5.97 Å². The molecule has 2 aromatic rings. The number of carboxylic acids is 1. The predicted molar refractivity (Wildman–Crippen MR) is 68.3 cm³/mol. The Bertz CT molecular complexity index is 525. The van der Waals surface area contributed by atoms with E-state index in [9.17, 15) is 4.79 Å². The highest BCUT2D eigenvalue weighted by Gasteiger charge is 2.07. The zero-order chi connectivity index (χ0) is 13.5. The number of hydrogen-bond donors (Lipinski definition) is 2. The third kappa shape index (κ3) is 4.18. The van der Waals surface area contributed by atoms with Crippen LogP contribution in [0.15, 0.2) is 34.9 Å². The van der Waals surface area contributed by atoms with Gasteiger partial charge < -0.3 is 14.9 Å². The lowest BCUT2D eigenvalue weighted by atomic mass is 10.2. The van der Waals surface area contributed by atoms with Crippen LogP contribution < -0.4 is 5.32 Å². The summed E-state index contributed by atoms with van der Waals surface area (Å²) in [5, 5.41) is 15.4. The largest absolute Gasteiger partial charge is 0.481 e. The number of rotatable bonds is 7. The van der Waals surface area contributed by atoms with Crippen molar-refractivity contribution in [2.75, 3.05) is 6.54 Å². The number of aromatic nitrogens is 2. The minimum Gasteiger partial charge on any atom is -0.481 e. The molecule has 0 amide bonds. The fraction of sp³-hybridized carbons (Fsp3) is 0.308. The van der Waals surface area contributed by atoms with Crippen LogP contribution in [0.2, 0.25) is 0 Å². The van der Waals surface area contributed by atoms with Gasteiger partial charge in [-0.2, -0.15) is 4.98 Å². The Morgan fingerprint density at radius 1 is 1.32 bits per heavy atom. The molecule has 100 valence electrons. The van der Waals surface area contributed by atoms with Crippen LogP contribution in [0.5, 0.6) is 0 Å².